The summed E-state index contributed by atoms with van der Waals surface area (Å²) in [5, 5.41) is 0. The third-order valence-corrected chi connectivity index (χ3v) is 1.64. The summed E-state index contributed by atoms with van der Waals surface area (Å²) in [6, 6.07) is 0. The van der Waals surface area contributed by atoms with Crippen LogP contribution in [0.1, 0.15) is 33.6 Å². The Morgan fingerprint density at radius 3 is 2.18 bits per heavy atom. The second-order valence-corrected chi connectivity index (χ2v) is 3.36. The van der Waals surface area contributed by atoms with Crippen LogP contribution in [0.25, 0.3) is 0 Å². The number of alkyl halides is 2. The molecule has 0 atom stereocenters. The predicted molar refractivity (Wildman–Crippen MR) is 39.7 cm³/mol. The zero-order chi connectivity index (χ0) is 9.07. The number of Topliss-reactive ketones (excluding diaryl/α,β-unsaturated/α-hetero) is 1. The van der Waals surface area contributed by atoms with Crippen LogP contribution in [0.5, 0.6) is 0 Å². The monoisotopic (exact) mass is 164 g/mol. The number of ketones is 1. The molecule has 0 unspecified atom stereocenters. The summed E-state index contributed by atoms with van der Waals surface area (Å²) in [5.41, 5.74) is -1.16. The molecule has 0 N–H and O–H groups in total. The molecule has 11 heavy (non-hydrogen) atoms. The molecule has 0 bridgehead atoms. The highest BCUT2D eigenvalue weighted by Gasteiger charge is 2.31. The molecular formula is C8H14F2O. The molecule has 0 saturated heterocycles. The van der Waals surface area contributed by atoms with Crippen molar-refractivity contribution in [3.63, 3.8) is 0 Å². The molecule has 0 aliphatic heterocycles. The molecule has 0 spiro atoms. The van der Waals surface area contributed by atoms with Gasteiger partial charge in [0.1, 0.15) is 5.78 Å². The van der Waals surface area contributed by atoms with Crippen molar-refractivity contribution in [2.24, 2.45) is 5.41 Å². The predicted octanol–water partition coefficient (Wildman–Crippen LogP) is 2.65. The van der Waals surface area contributed by atoms with Crippen LogP contribution in [0.2, 0.25) is 0 Å². The van der Waals surface area contributed by atoms with Crippen molar-refractivity contribution in [2.45, 2.75) is 40.0 Å². The molecule has 0 fully saturated rings. The second kappa shape index (κ2) is 3.79. The maximum Gasteiger partial charge on any atom is 0.244 e. The average molecular weight is 164 g/mol. The van der Waals surface area contributed by atoms with Gasteiger partial charge in [-0.1, -0.05) is 20.8 Å². The van der Waals surface area contributed by atoms with Crippen molar-refractivity contribution in [1.29, 1.82) is 0 Å². The standard InChI is InChI=1S/C8H14F2O/c1-4-6(11)5-8(2,3)7(9)10/h7H,4-5H2,1-3H3. The first-order chi connectivity index (χ1) is 4.90. The van der Waals surface area contributed by atoms with Gasteiger partial charge in [-0.15, -0.1) is 0 Å². The Labute approximate surface area is 65.8 Å². The van der Waals surface area contributed by atoms with Crippen molar-refractivity contribution in [3.8, 4) is 0 Å². The van der Waals surface area contributed by atoms with Crippen LogP contribution in [-0.2, 0) is 4.79 Å². The fraction of sp³-hybridized carbons (Fsp3) is 0.875. The summed E-state index contributed by atoms with van der Waals surface area (Å²) in [5.74, 6) is -0.102. The molecule has 0 heterocycles. The van der Waals surface area contributed by atoms with Crippen molar-refractivity contribution < 1.29 is 13.6 Å². The van der Waals surface area contributed by atoms with Crippen LogP contribution >= 0.6 is 0 Å². The fourth-order valence-corrected chi connectivity index (χ4v) is 0.710. The van der Waals surface area contributed by atoms with Gasteiger partial charge in [0.15, 0.2) is 0 Å². The maximum atomic E-state index is 12.2. The second-order valence-electron chi connectivity index (χ2n) is 3.36. The van der Waals surface area contributed by atoms with Crippen LogP contribution in [0, 0.1) is 5.41 Å². The van der Waals surface area contributed by atoms with E-state index < -0.39 is 11.8 Å². The Morgan fingerprint density at radius 1 is 1.45 bits per heavy atom. The van der Waals surface area contributed by atoms with Crippen LogP contribution in [0.15, 0.2) is 0 Å². The smallest absolute Gasteiger partial charge is 0.244 e. The zero-order valence-electron chi connectivity index (χ0n) is 7.16. The Bertz CT molecular complexity index is 141. The number of rotatable bonds is 4. The van der Waals surface area contributed by atoms with Crippen molar-refractivity contribution in [2.75, 3.05) is 0 Å². The van der Waals surface area contributed by atoms with E-state index in [1.807, 2.05) is 0 Å². The molecule has 66 valence electrons. The Kier molecular flexibility index (Phi) is 3.63. The minimum absolute atomic E-state index is 0.0266. The molecule has 0 aromatic carbocycles. The summed E-state index contributed by atoms with van der Waals surface area (Å²) in [7, 11) is 0. The molecule has 0 amide bonds. The molecule has 0 saturated carbocycles. The number of carbonyl (C=O) groups is 1. The number of carbonyl (C=O) groups excluding carboxylic acids is 1. The van der Waals surface area contributed by atoms with Gasteiger partial charge in [-0.25, -0.2) is 8.78 Å². The summed E-state index contributed by atoms with van der Waals surface area (Å²) in [4.78, 5) is 10.8. The number of hydrogen-bond donors (Lipinski definition) is 0. The van der Waals surface area contributed by atoms with Gasteiger partial charge in [0.25, 0.3) is 0 Å². The lowest BCUT2D eigenvalue weighted by molar-refractivity contribution is -0.123. The lowest BCUT2D eigenvalue weighted by atomic mass is 9.87. The summed E-state index contributed by atoms with van der Waals surface area (Å²) in [6.07, 6.45) is -2.10. The van der Waals surface area contributed by atoms with Crippen molar-refractivity contribution in [3.05, 3.63) is 0 Å². The number of hydrogen-bond acceptors (Lipinski definition) is 1. The van der Waals surface area contributed by atoms with Crippen molar-refractivity contribution in [1.82, 2.24) is 0 Å². The van der Waals surface area contributed by atoms with Gasteiger partial charge < -0.3 is 0 Å². The molecule has 0 rings (SSSR count). The van der Waals surface area contributed by atoms with Gasteiger partial charge in [-0.05, 0) is 0 Å². The van der Waals surface area contributed by atoms with E-state index in [0.717, 1.165) is 0 Å². The van der Waals surface area contributed by atoms with E-state index in [2.05, 4.69) is 0 Å². The largest absolute Gasteiger partial charge is 0.300 e. The van der Waals surface area contributed by atoms with E-state index >= 15 is 0 Å². The molecule has 0 aliphatic rings. The summed E-state index contributed by atoms with van der Waals surface area (Å²) in [6.45, 7) is 4.50. The summed E-state index contributed by atoms with van der Waals surface area (Å²) < 4.78 is 24.3. The van der Waals surface area contributed by atoms with Gasteiger partial charge in [-0.3, -0.25) is 4.79 Å². The molecule has 3 heteroatoms. The highest BCUT2D eigenvalue weighted by Crippen LogP contribution is 2.29. The SMILES string of the molecule is CCC(=O)CC(C)(C)C(F)F. The van der Waals surface area contributed by atoms with Gasteiger partial charge in [0.2, 0.25) is 6.43 Å². The third-order valence-electron chi connectivity index (χ3n) is 1.64. The van der Waals surface area contributed by atoms with Crippen molar-refractivity contribution >= 4 is 5.78 Å². The van der Waals surface area contributed by atoms with Crippen LogP contribution < -0.4 is 0 Å². The molecule has 1 nitrogen and oxygen atoms in total. The highest BCUT2D eigenvalue weighted by molar-refractivity contribution is 5.78. The average Bonchev–Trinajstić information content (AvgIpc) is 1.86. The molecule has 0 aliphatic carbocycles. The van der Waals surface area contributed by atoms with E-state index in [9.17, 15) is 13.6 Å². The minimum Gasteiger partial charge on any atom is -0.300 e. The van der Waals surface area contributed by atoms with Crippen LogP contribution in [0.4, 0.5) is 8.78 Å². The maximum absolute atomic E-state index is 12.2. The Hall–Kier alpha value is -0.470. The number of halogens is 2. The Morgan fingerprint density at radius 2 is 1.91 bits per heavy atom. The van der Waals surface area contributed by atoms with E-state index in [1.54, 1.807) is 6.92 Å². The lowest BCUT2D eigenvalue weighted by Crippen LogP contribution is -2.25. The normalized spacial score (nSPS) is 12.2. The van der Waals surface area contributed by atoms with E-state index in [4.69, 9.17) is 0 Å². The first-order valence-electron chi connectivity index (χ1n) is 3.70. The van der Waals surface area contributed by atoms with Crippen LogP contribution in [0.3, 0.4) is 0 Å². The minimum atomic E-state index is -2.42. The Balaban J connectivity index is 4.01. The zero-order valence-corrected chi connectivity index (χ0v) is 7.16. The highest BCUT2D eigenvalue weighted by atomic mass is 19.3. The fourth-order valence-electron chi connectivity index (χ4n) is 0.710. The molecule has 0 aromatic heterocycles. The molecular weight excluding hydrogens is 150 g/mol. The van der Waals surface area contributed by atoms with Gasteiger partial charge >= 0.3 is 0 Å². The van der Waals surface area contributed by atoms with Crippen LogP contribution in [-0.4, -0.2) is 12.2 Å². The quantitative estimate of drug-likeness (QED) is 0.624. The molecule has 0 radical (unpaired) electrons. The third kappa shape index (κ3) is 3.44. The summed E-state index contributed by atoms with van der Waals surface area (Å²) >= 11 is 0. The van der Waals surface area contributed by atoms with Gasteiger partial charge in [-0.2, -0.15) is 0 Å². The topological polar surface area (TPSA) is 17.1 Å². The van der Waals surface area contributed by atoms with Gasteiger partial charge in [0.05, 0.1) is 0 Å². The molecule has 0 aromatic rings. The van der Waals surface area contributed by atoms with E-state index in [1.165, 1.54) is 13.8 Å². The van der Waals surface area contributed by atoms with E-state index in [0.29, 0.717) is 6.42 Å². The van der Waals surface area contributed by atoms with E-state index in [-0.39, 0.29) is 12.2 Å². The van der Waals surface area contributed by atoms with Gasteiger partial charge in [0, 0.05) is 18.3 Å². The first kappa shape index (κ1) is 10.5. The lowest BCUT2D eigenvalue weighted by Gasteiger charge is -2.21. The first-order valence-corrected chi connectivity index (χ1v) is 3.70.